The van der Waals surface area contributed by atoms with E-state index in [-0.39, 0.29) is 0 Å². The van der Waals surface area contributed by atoms with Crippen LogP contribution < -0.4 is 10.5 Å². The zero-order valence-electron chi connectivity index (χ0n) is 11.9. The van der Waals surface area contributed by atoms with Gasteiger partial charge in [0.25, 0.3) is 0 Å². The fourth-order valence-corrected chi connectivity index (χ4v) is 2.17. The highest BCUT2D eigenvalue weighted by atomic mass is 16.5. The quantitative estimate of drug-likeness (QED) is 0.749. The van der Waals surface area contributed by atoms with E-state index in [4.69, 9.17) is 10.5 Å². The summed E-state index contributed by atoms with van der Waals surface area (Å²) in [5.41, 5.74) is 9.49. The van der Waals surface area contributed by atoms with Crippen LogP contribution >= 0.6 is 0 Å². The summed E-state index contributed by atoms with van der Waals surface area (Å²) in [7, 11) is 1.56. The molecule has 0 unspecified atom stereocenters. The van der Waals surface area contributed by atoms with Crippen LogP contribution in [-0.4, -0.2) is 21.9 Å². The van der Waals surface area contributed by atoms with Crippen molar-refractivity contribution >= 4 is 5.69 Å². The van der Waals surface area contributed by atoms with Crippen LogP contribution in [0.5, 0.6) is 6.01 Å². The predicted molar refractivity (Wildman–Crippen MR) is 82.5 cm³/mol. The second-order valence-corrected chi connectivity index (χ2v) is 4.74. The molecule has 2 N–H and O–H groups in total. The number of hydrogen-bond acceptors (Lipinski definition) is 4. The molecule has 0 aliphatic carbocycles. The zero-order valence-corrected chi connectivity index (χ0v) is 11.9. The number of rotatable bonds is 3. The van der Waals surface area contributed by atoms with Crippen LogP contribution in [0.25, 0.3) is 17.1 Å². The lowest BCUT2D eigenvalue weighted by Crippen LogP contribution is -2.01. The molecule has 0 bridgehead atoms. The van der Waals surface area contributed by atoms with Gasteiger partial charge in [-0.05, 0) is 36.8 Å². The molecule has 106 valence electrons. The minimum atomic E-state index is 0.338. The first-order chi connectivity index (χ1) is 10.2. The van der Waals surface area contributed by atoms with Crippen molar-refractivity contribution in [3.63, 3.8) is 0 Å². The molecule has 0 atom stereocenters. The second-order valence-electron chi connectivity index (χ2n) is 4.74. The molecule has 0 amide bonds. The summed E-state index contributed by atoms with van der Waals surface area (Å²) >= 11 is 0. The molecule has 21 heavy (non-hydrogen) atoms. The maximum atomic E-state index is 5.74. The van der Waals surface area contributed by atoms with Crippen LogP contribution in [0.3, 0.4) is 0 Å². The van der Waals surface area contributed by atoms with Crippen LogP contribution in [0.1, 0.15) is 5.56 Å². The summed E-state index contributed by atoms with van der Waals surface area (Å²) in [5.74, 6) is 0.745. The van der Waals surface area contributed by atoms with Gasteiger partial charge in [-0.1, -0.05) is 24.3 Å². The Labute approximate surface area is 123 Å². The molecular weight excluding hydrogens is 264 g/mol. The first-order valence-corrected chi connectivity index (χ1v) is 6.62. The average Bonchev–Trinajstić information content (AvgIpc) is 2.92. The van der Waals surface area contributed by atoms with E-state index in [0.717, 1.165) is 22.6 Å². The number of nitrogens with zero attached hydrogens (tertiary/aromatic N) is 3. The highest BCUT2D eigenvalue weighted by Crippen LogP contribution is 2.26. The number of nitrogens with two attached hydrogens (primary N) is 1. The van der Waals surface area contributed by atoms with Crippen LogP contribution in [0.4, 0.5) is 5.69 Å². The average molecular weight is 280 g/mol. The van der Waals surface area contributed by atoms with Crippen LogP contribution in [-0.2, 0) is 0 Å². The fraction of sp³-hybridized carbons (Fsp3) is 0.125. The van der Waals surface area contributed by atoms with E-state index in [1.165, 1.54) is 0 Å². The third kappa shape index (κ3) is 2.45. The van der Waals surface area contributed by atoms with E-state index in [9.17, 15) is 0 Å². The number of aryl methyl sites for hydroxylation is 1. The highest BCUT2D eigenvalue weighted by molar-refractivity contribution is 5.63. The number of anilines is 1. The summed E-state index contributed by atoms with van der Waals surface area (Å²) in [6.45, 7) is 2.05. The van der Waals surface area contributed by atoms with Crippen LogP contribution in [0.15, 0.2) is 48.5 Å². The van der Waals surface area contributed by atoms with Crippen molar-refractivity contribution in [1.82, 2.24) is 14.8 Å². The minimum absolute atomic E-state index is 0.338. The SMILES string of the molecule is COc1nc(-c2ccccc2C)n(-c2ccc(N)cc2)n1. The molecular formula is C16H16N4O. The van der Waals surface area contributed by atoms with Crippen molar-refractivity contribution in [3.05, 3.63) is 54.1 Å². The molecule has 1 aromatic heterocycles. The van der Waals surface area contributed by atoms with Crippen molar-refractivity contribution in [2.24, 2.45) is 0 Å². The van der Waals surface area contributed by atoms with Gasteiger partial charge in [0.15, 0.2) is 5.82 Å². The molecule has 0 aliphatic heterocycles. The number of methoxy groups -OCH3 is 1. The number of benzene rings is 2. The first-order valence-electron chi connectivity index (χ1n) is 6.62. The lowest BCUT2D eigenvalue weighted by molar-refractivity contribution is 0.380. The smallest absolute Gasteiger partial charge is 0.336 e. The van der Waals surface area contributed by atoms with Gasteiger partial charge in [0.1, 0.15) is 0 Å². The normalized spacial score (nSPS) is 10.6. The Hall–Kier alpha value is -2.82. The summed E-state index contributed by atoms with van der Waals surface area (Å²) in [4.78, 5) is 4.46. The molecule has 0 spiro atoms. The van der Waals surface area contributed by atoms with E-state index < -0.39 is 0 Å². The predicted octanol–water partition coefficient (Wildman–Crippen LogP) is 2.83. The number of ether oxygens (including phenoxy) is 1. The molecule has 2 aromatic carbocycles. The molecule has 5 heteroatoms. The third-order valence-corrected chi connectivity index (χ3v) is 3.29. The van der Waals surface area contributed by atoms with Crippen LogP contribution in [0.2, 0.25) is 0 Å². The molecule has 0 saturated carbocycles. The Morgan fingerprint density at radius 3 is 2.43 bits per heavy atom. The summed E-state index contributed by atoms with van der Waals surface area (Å²) in [6.07, 6.45) is 0. The van der Waals surface area contributed by atoms with Gasteiger partial charge in [0.05, 0.1) is 12.8 Å². The van der Waals surface area contributed by atoms with Gasteiger partial charge in [-0.25, -0.2) is 4.68 Å². The van der Waals surface area contributed by atoms with Gasteiger partial charge in [0, 0.05) is 11.3 Å². The van der Waals surface area contributed by atoms with Gasteiger partial charge < -0.3 is 10.5 Å². The maximum Gasteiger partial charge on any atom is 0.336 e. The summed E-state index contributed by atoms with van der Waals surface area (Å²) in [5, 5.41) is 4.39. The largest absolute Gasteiger partial charge is 0.466 e. The minimum Gasteiger partial charge on any atom is -0.466 e. The molecule has 0 saturated heterocycles. The van der Waals surface area contributed by atoms with E-state index in [0.29, 0.717) is 11.7 Å². The number of nitrogen functional groups attached to an aromatic ring is 1. The van der Waals surface area contributed by atoms with Crippen molar-refractivity contribution in [3.8, 4) is 23.1 Å². The molecule has 0 fully saturated rings. The molecule has 5 nitrogen and oxygen atoms in total. The van der Waals surface area contributed by atoms with E-state index >= 15 is 0 Å². The number of hydrogen-bond donors (Lipinski definition) is 1. The van der Waals surface area contributed by atoms with Crippen molar-refractivity contribution in [2.45, 2.75) is 6.92 Å². The Kier molecular flexibility index (Phi) is 3.31. The first kappa shape index (κ1) is 13.2. The number of aromatic nitrogens is 3. The summed E-state index contributed by atoms with van der Waals surface area (Å²) in [6, 6.07) is 15.9. The lowest BCUT2D eigenvalue weighted by Gasteiger charge is -2.08. The monoisotopic (exact) mass is 280 g/mol. The van der Waals surface area contributed by atoms with E-state index in [2.05, 4.69) is 10.1 Å². The maximum absolute atomic E-state index is 5.74. The fourth-order valence-electron chi connectivity index (χ4n) is 2.17. The highest BCUT2D eigenvalue weighted by Gasteiger charge is 2.15. The van der Waals surface area contributed by atoms with Crippen molar-refractivity contribution < 1.29 is 4.74 Å². The molecule has 1 heterocycles. The molecule has 3 rings (SSSR count). The zero-order chi connectivity index (χ0) is 14.8. The van der Waals surface area contributed by atoms with Gasteiger partial charge >= 0.3 is 6.01 Å². The van der Waals surface area contributed by atoms with Crippen molar-refractivity contribution in [2.75, 3.05) is 12.8 Å². The summed E-state index contributed by atoms with van der Waals surface area (Å²) < 4.78 is 6.94. The van der Waals surface area contributed by atoms with E-state index in [1.807, 2.05) is 55.5 Å². The van der Waals surface area contributed by atoms with E-state index in [1.54, 1.807) is 11.8 Å². The standard InChI is InChI=1S/C16H16N4O/c1-11-5-3-4-6-14(11)15-18-16(21-2)19-20(15)13-9-7-12(17)8-10-13/h3-10H,17H2,1-2H3. The third-order valence-electron chi connectivity index (χ3n) is 3.29. The van der Waals surface area contributed by atoms with Gasteiger partial charge in [-0.2, -0.15) is 4.98 Å². The Bertz CT molecular complexity index is 762. The van der Waals surface area contributed by atoms with Crippen molar-refractivity contribution in [1.29, 1.82) is 0 Å². The molecule has 3 aromatic rings. The topological polar surface area (TPSA) is 66.0 Å². The Morgan fingerprint density at radius 1 is 1.05 bits per heavy atom. The Morgan fingerprint density at radius 2 is 1.76 bits per heavy atom. The van der Waals surface area contributed by atoms with Gasteiger partial charge in [0.2, 0.25) is 0 Å². The second kappa shape index (κ2) is 5.28. The van der Waals surface area contributed by atoms with Gasteiger partial charge in [-0.3, -0.25) is 0 Å². The van der Waals surface area contributed by atoms with Crippen LogP contribution in [0, 0.1) is 6.92 Å². The Balaban J connectivity index is 2.19. The molecule has 0 radical (unpaired) electrons. The lowest BCUT2D eigenvalue weighted by atomic mass is 10.1. The van der Waals surface area contributed by atoms with Gasteiger partial charge in [-0.15, -0.1) is 5.10 Å². The molecule has 0 aliphatic rings.